The maximum absolute atomic E-state index is 9.14. The summed E-state index contributed by atoms with van der Waals surface area (Å²) in [7, 11) is 0. The Balaban J connectivity index is 1.60. The zero-order valence-electron chi connectivity index (χ0n) is 26.4. The van der Waals surface area contributed by atoms with Crippen molar-refractivity contribution in [2.24, 2.45) is 0 Å². The van der Waals surface area contributed by atoms with Crippen molar-refractivity contribution in [1.29, 1.82) is 8.95 Å². The van der Waals surface area contributed by atoms with Gasteiger partial charge in [-0.25, -0.2) is 0 Å². The molecule has 6 rings (SSSR count). The van der Waals surface area contributed by atoms with Gasteiger partial charge in [-0.2, -0.15) is 0 Å². The number of halogens is 7. The van der Waals surface area contributed by atoms with E-state index in [4.69, 9.17) is 8.95 Å². The van der Waals surface area contributed by atoms with Gasteiger partial charge < -0.3 is 0 Å². The monoisotopic (exact) mass is 1570 g/mol. The summed E-state index contributed by atoms with van der Waals surface area (Å²) in [5, 5.41) is 5.07. The summed E-state index contributed by atoms with van der Waals surface area (Å²) in [5.41, 5.74) is 1.14. The molecule has 6 aromatic rings. The van der Waals surface area contributed by atoms with Crippen LogP contribution >= 0.6 is 265 Å². The van der Waals surface area contributed by atoms with Crippen molar-refractivity contribution in [2.75, 3.05) is 0 Å². The van der Waals surface area contributed by atoms with Gasteiger partial charge in [0.1, 0.15) is 0 Å². The van der Waals surface area contributed by atoms with Crippen molar-refractivity contribution >= 4 is 320 Å². The molecule has 0 aliphatic carbocycles. The Morgan fingerprint density at radius 2 is 0.878 bits per heavy atom. The first-order chi connectivity index (χ1) is 22.5. The highest BCUT2D eigenvalue weighted by Crippen LogP contribution is 2.53. The fourth-order valence-electron chi connectivity index (χ4n) is 4.04. The van der Waals surface area contributed by atoms with Gasteiger partial charge in [0, 0.05) is 45.5 Å². The Labute approximate surface area is 375 Å². The highest BCUT2D eigenvalue weighted by Gasteiger charge is 2.28. The van der Waals surface area contributed by atoms with Crippen LogP contribution in [0, 0.1) is 6.92 Å². The number of aryl methyl sites for hydroxylation is 1. The molecule has 0 saturated heterocycles. The van der Waals surface area contributed by atoms with Crippen LogP contribution in [0.4, 0.5) is 0 Å². The highest BCUT2D eigenvalue weighted by atomic mass is 127. The van der Waals surface area contributed by atoms with Gasteiger partial charge in [-0.15, -0.1) is 68.0 Å². The minimum absolute atomic E-state index is 0.960. The van der Waals surface area contributed by atoms with E-state index in [1.54, 1.807) is 68.0 Å². The zero-order chi connectivity index (χ0) is 35.1. The first-order valence-electron chi connectivity index (χ1n) is 13.7. The standard InChI is InChI=1S/C21H12I7P7S6/c1-4-2-6(36-20(4)34-27)12-8(30-23)14-16(38-12)10(32-25)18(40-14)19-11(33-26)17-15(41-19)9(31-24)13(39-17)7-3-5(29-22)21(35-28)37-7/h2-3,29-35H,1H3/i29D,30D,31D,32D,33D,34D,35D. The van der Waals surface area contributed by atoms with Crippen molar-refractivity contribution in [2.45, 2.75) is 6.92 Å². The van der Waals surface area contributed by atoms with Gasteiger partial charge in [0.25, 0.3) is 0 Å². The molecule has 0 saturated carbocycles. The molecule has 0 radical (unpaired) electrons. The lowest BCUT2D eigenvalue weighted by molar-refractivity contribution is 1.59. The Morgan fingerprint density at radius 1 is 0.488 bits per heavy atom. The molecule has 0 bridgehead atoms. The first kappa shape index (κ1) is 29.3. The van der Waals surface area contributed by atoms with Gasteiger partial charge in [0.05, 0.1) is 47.3 Å². The van der Waals surface area contributed by atoms with Gasteiger partial charge in [-0.05, 0) is 67.8 Å². The van der Waals surface area contributed by atoms with E-state index in [0.29, 0.717) is 0 Å². The van der Waals surface area contributed by atoms with Crippen LogP contribution < -0.4 is 35.8 Å². The Bertz CT molecular complexity index is 2130. The summed E-state index contributed by atoms with van der Waals surface area (Å²) in [6.45, 7) is 2.08. The molecule has 0 spiro atoms. The summed E-state index contributed by atoms with van der Waals surface area (Å²) in [5.74, 6) is 0. The minimum Gasteiger partial charge on any atom is -0.134 e. The van der Waals surface area contributed by atoms with Crippen molar-refractivity contribution in [3.8, 4) is 29.3 Å². The summed E-state index contributed by atoms with van der Waals surface area (Å²) in [6.07, 6.45) is -8.29. The number of hydrogen-bond acceptors (Lipinski definition) is 6. The maximum Gasteiger partial charge on any atom is 0.0748 e. The van der Waals surface area contributed by atoms with Gasteiger partial charge in [0.2, 0.25) is 0 Å². The average Bonchev–Trinajstić information content (AvgIpc) is 3.79. The zero-order valence-corrected chi connectivity index (χ0v) is 45.6. The van der Waals surface area contributed by atoms with Crippen LogP contribution in [0.1, 0.15) is 5.56 Å². The Hall–Kier alpha value is 6.84. The van der Waals surface area contributed by atoms with Gasteiger partial charge in [0.15, 0.2) is 0 Å². The van der Waals surface area contributed by atoms with Crippen LogP contribution in [0.5, 0.6) is 0 Å². The molecular weight excluding hydrogens is 1550 g/mol. The second-order valence-corrected chi connectivity index (χ2v) is 29.2. The number of rotatable bonds is 10. The van der Waals surface area contributed by atoms with E-state index in [1.807, 2.05) is 0 Å². The smallest absolute Gasteiger partial charge is 0.0748 e. The normalized spacial score (nSPS) is 20.0. The van der Waals surface area contributed by atoms with E-state index in [0.717, 1.165) is 89.4 Å². The summed E-state index contributed by atoms with van der Waals surface area (Å²) >= 11 is 25.6. The maximum atomic E-state index is 9.14. The summed E-state index contributed by atoms with van der Waals surface area (Å²) in [6, 6.07) is 4.27. The van der Waals surface area contributed by atoms with E-state index in [1.165, 1.54) is 0 Å². The van der Waals surface area contributed by atoms with Crippen molar-refractivity contribution in [3.05, 3.63) is 17.7 Å². The van der Waals surface area contributed by atoms with Crippen LogP contribution in [0.2, 0.25) is 0 Å². The molecule has 0 N–H and O–H groups in total. The molecule has 20 heteroatoms. The minimum atomic E-state index is -1.29. The molecule has 216 valence electrons. The third kappa shape index (κ3) is 7.40. The van der Waals surface area contributed by atoms with Crippen molar-refractivity contribution < 1.29 is 0 Å². The summed E-state index contributed by atoms with van der Waals surface area (Å²) in [4.78, 5) is 6.44. The van der Waals surface area contributed by atoms with E-state index < -0.39 is 43.2 Å². The molecule has 0 nitrogen and oxygen atoms in total. The van der Waals surface area contributed by atoms with E-state index in [-0.39, 0.29) is 0 Å². The van der Waals surface area contributed by atoms with E-state index in [9.17, 15) is 0 Å². The fourth-order valence-corrected chi connectivity index (χ4v) is 33.7. The average molecular weight is 1570 g/mol. The number of thiophene rings is 6. The predicted molar refractivity (Wildman–Crippen MR) is 284 cm³/mol. The molecule has 41 heavy (non-hydrogen) atoms. The highest BCUT2D eigenvalue weighted by molar-refractivity contribution is 14.2. The predicted octanol–water partition coefficient (Wildman–Crippen LogP) is 14.2. The van der Waals surface area contributed by atoms with Crippen LogP contribution in [-0.4, -0.2) is 8.95 Å². The molecule has 0 aliphatic rings. The lowest BCUT2D eigenvalue weighted by Gasteiger charge is -2.03. The number of fused-ring (bicyclic) bond motifs is 2. The topological polar surface area (TPSA) is 0 Å². The molecular formula is C21H12I7P7S6. The lowest BCUT2D eigenvalue weighted by Crippen LogP contribution is -2.03. The molecule has 0 amide bonds. The molecule has 7 atom stereocenters. The Kier molecular flexibility index (Phi) is 12.2. The second kappa shape index (κ2) is 17.1. The van der Waals surface area contributed by atoms with Crippen LogP contribution in [0.25, 0.3) is 48.1 Å². The van der Waals surface area contributed by atoms with Crippen molar-refractivity contribution in [3.63, 3.8) is 0 Å². The van der Waals surface area contributed by atoms with Crippen molar-refractivity contribution in [1.82, 2.24) is 0 Å². The molecule has 0 aromatic carbocycles. The third-order valence-corrected chi connectivity index (χ3v) is 32.1. The quantitative estimate of drug-likeness (QED) is 0.0947. The largest absolute Gasteiger partial charge is 0.134 e. The molecule has 7 unspecified atom stereocenters. The lowest BCUT2D eigenvalue weighted by atomic mass is 10.3. The fraction of sp³-hybridized carbons (Fsp3) is 0.0476. The van der Waals surface area contributed by atoms with E-state index >= 15 is 0 Å². The third-order valence-electron chi connectivity index (χ3n) is 5.77. The molecule has 0 aliphatic heterocycles. The second-order valence-electron chi connectivity index (χ2n) is 7.93. The molecule has 6 heterocycles. The van der Waals surface area contributed by atoms with Crippen LogP contribution in [0.3, 0.4) is 0 Å². The van der Waals surface area contributed by atoms with Crippen LogP contribution in [0.15, 0.2) is 12.1 Å². The van der Waals surface area contributed by atoms with E-state index in [2.05, 4.69) is 173 Å². The van der Waals surface area contributed by atoms with Gasteiger partial charge in [-0.3, -0.25) is 0 Å². The summed E-state index contributed by atoms with van der Waals surface area (Å²) < 4.78 is 68.1. The van der Waals surface area contributed by atoms with Gasteiger partial charge in [-0.1, -0.05) is 154 Å². The molecule has 6 aromatic heterocycles. The number of hydrogen-bond donors (Lipinski definition) is 0. The Morgan fingerprint density at radius 3 is 1.24 bits per heavy atom. The first-order valence-corrected chi connectivity index (χ1v) is 41.3. The van der Waals surface area contributed by atoms with Crippen LogP contribution in [-0.2, 0) is 0 Å². The SMILES string of the molecule is [2H]P(I)c1cc(-c2sc3c(P([2H])I)c(-c4sc5c(P([2H])I)c(-c6cc(C)c(P([2H])I)s6)sc5c4P([2H])I)sc3c2P([2H])I)sc1P([2H])I. The van der Waals surface area contributed by atoms with Gasteiger partial charge >= 0.3 is 0 Å². The molecule has 0 fully saturated rings.